The van der Waals surface area contributed by atoms with Crippen LogP contribution < -0.4 is 15.4 Å². The van der Waals surface area contributed by atoms with Crippen molar-refractivity contribution < 1.29 is 14.3 Å². The lowest BCUT2D eigenvalue weighted by molar-refractivity contribution is -0.119. The van der Waals surface area contributed by atoms with Crippen molar-refractivity contribution in [1.82, 2.24) is 4.90 Å². The van der Waals surface area contributed by atoms with Crippen molar-refractivity contribution in [2.45, 2.75) is 19.8 Å². The molecule has 0 saturated heterocycles. The number of amides is 2. The molecular formula is C21H26ClN3O3. The average molecular weight is 404 g/mol. The number of likely N-dealkylation sites (N-methyl/N-ethyl adjacent to an activating group) is 1. The minimum absolute atomic E-state index is 0.0507. The van der Waals surface area contributed by atoms with Crippen LogP contribution in [0.1, 0.15) is 25.3 Å². The van der Waals surface area contributed by atoms with Crippen LogP contribution in [0.15, 0.2) is 42.5 Å². The fourth-order valence-electron chi connectivity index (χ4n) is 2.69. The third-order valence-corrected chi connectivity index (χ3v) is 4.33. The number of methoxy groups -OCH3 is 1. The highest BCUT2D eigenvalue weighted by atomic mass is 35.5. The van der Waals surface area contributed by atoms with Gasteiger partial charge >= 0.3 is 0 Å². The first-order valence-electron chi connectivity index (χ1n) is 9.00. The molecule has 0 heterocycles. The van der Waals surface area contributed by atoms with Crippen LogP contribution in [0.5, 0.6) is 5.75 Å². The second kappa shape index (κ2) is 10.1. The first-order valence-corrected chi connectivity index (χ1v) is 9.38. The second-order valence-electron chi connectivity index (χ2n) is 6.89. The van der Waals surface area contributed by atoms with Crippen molar-refractivity contribution in [3.05, 3.63) is 53.1 Å². The van der Waals surface area contributed by atoms with Gasteiger partial charge in [0, 0.05) is 10.7 Å². The summed E-state index contributed by atoms with van der Waals surface area (Å²) in [6, 6.07) is 12.7. The Bertz CT molecular complexity index is 839. The molecule has 0 aromatic heterocycles. The van der Waals surface area contributed by atoms with E-state index < -0.39 is 0 Å². The number of nitrogens with one attached hydrogen (secondary N) is 2. The highest BCUT2D eigenvalue weighted by molar-refractivity contribution is 6.31. The number of carbonyl (C=O) groups excluding carboxylic acids is 2. The standard InChI is InChI=1S/C21H26ClN3O3/c1-14(2)15-6-5-7-17(10-15)23-20(26)12-25(3)13-21(27)24-18-11-16(22)8-9-19(18)28-4/h5-11,14H,12-13H2,1-4H3,(H,23,26)(H,24,27). The molecule has 28 heavy (non-hydrogen) atoms. The topological polar surface area (TPSA) is 70.7 Å². The molecule has 6 nitrogen and oxygen atoms in total. The zero-order valence-corrected chi connectivity index (χ0v) is 17.3. The molecule has 0 saturated carbocycles. The maximum absolute atomic E-state index is 12.3. The van der Waals surface area contributed by atoms with E-state index in [4.69, 9.17) is 16.3 Å². The van der Waals surface area contributed by atoms with Gasteiger partial charge in [0.25, 0.3) is 0 Å². The van der Waals surface area contributed by atoms with E-state index in [9.17, 15) is 9.59 Å². The Morgan fingerprint density at radius 3 is 2.39 bits per heavy atom. The molecule has 2 aromatic carbocycles. The number of nitrogens with zero attached hydrogens (tertiary/aromatic N) is 1. The van der Waals surface area contributed by atoms with Crippen LogP contribution in [0.3, 0.4) is 0 Å². The molecule has 2 amide bonds. The Kier molecular flexibility index (Phi) is 7.84. The quantitative estimate of drug-likeness (QED) is 0.699. The Labute approximate surface area is 170 Å². The van der Waals surface area contributed by atoms with Crippen molar-refractivity contribution >= 4 is 34.8 Å². The van der Waals surface area contributed by atoms with Crippen LogP contribution in [0.4, 0.5) is 11.4 Å². The third-order valence-electron chi connectivity index (χ3n) is 4.10. The molecule has 2 aromatic rings. The SMILES string of the molecule is COc1ccc(Cl)cc1NC(=O)CN(C)CC(=O)Nc1cccc(C(C)C)c1. The van der Waals surface area contributed by atoms with Crippen molar-refractivity contribution in [2.24, 2.45) is 0 Å². The van der Waals surface area contributed by atoms with E-state index in [0.717, 1.165) is 11.3 Å². The maximum atomic E-state index is 12.3. The lowest BCUT2D eigenvalue weighted by Gasteiger charge is -2.17. The monoisotopic (exact) mass is 403 g/mol. The fourth-order valence-corrected chi connectivity index (χ4v) is 2.86. The molecule has 0 aliphatic carbocycles. The van der Waals surface area contributed by atoms with E-state index in [1.165, 1.54) is 7.11 Å². The van der Waals surface area contributed by atoms with Gasteiger partial charge in [-0.2, -0.15) is 0 Å². The van der Waals surface area contributed by atoms with Gasteiger partial charge in [0.2, 0.25) is 11.8 Å². The van der Waals surface area contributed by atoms with Gasteiger partial charge in [-0.05, 0) is 48.9 Å². The van der Waals surface area contributed by atoms with Gasteiger partial charge in [-0.15, -0.1) is 0 Å². The largest absolute Gasteiger partial charge is 0.495 e. The highest BCUT2D eigenvalue weighted by Gasteiger charge is 2.13. The van der Waals surface area contributed by atoms with E-state index in [2.05, 4.69) is 24.5 Å². The average Bonchev–Trinajstić information content (AvgIpc) is 2.61. The second-order valence-corrected chi connectivity index (χ2v) is 7.33. The number of carbonyl (C=O) groups is 2. The summed E-state index contributed by atoms with van der Waals surface area (Å²) in [4.78, 5) is 26.2. The van der Waals surface area contributed by atoms with E-state index in [1.807, 2.05) is 24.3 Å². The van der Waals surface area contributed by atoms with Gasteiger partial charge in [0.1, 0.15) is 5.75 Å². The predicted molar refractivity (Wildman–Crippen MR) is 113 cm³/mol. The van der Waals surface area contributed by atoms with Crippen LogP contribution >= 0.6 is 11.6 Å². The molecular weight excluding hydrogens is 378 g/mol. The first-order chi connectivity index (χ1) is 13.3. The summed E-state index contributed by atoms with van der Waals surface area (Å²) < 4.78 is 5.21. The van der Waals surface area contributed by atoms with Crippen LogP contribution in [-0.4, -0.2) is 44.0 Å². The van der Waals surface area contributed by atoms with E-state index >= 15 is 0 Å². The Balaban J connectivity index is 1.88. The number of ether oxygens (including phenoxy) is 1. The molecule has 0 atom stereocenters. The number of anilines is 2. The summed E-state index contributed by atoms with van der Waals surface area (Å²) in [5, 5.41) is 6.11. The minimum Gasteiger partial charge on any atom is -0.495 e. The normalized spacial score (nSPS) is 10.8. The molecule has 0 fully saturated rings. The van der Waals surface area contributed by atoms with Gasteiger partial charge in [-0.3, -0.25) is 14.5 Å². The van der Waals surface area contributed by atoms with Gasteiger partial charge in [0.05, 0.1) is 25.9 Å². The van der Waals surface area contributed by atoms with Crippen LogP contribution in [0.2, 0.25) is 5.02 Å². The number of hydrogen-bond acceptors (Lipinski definition) is 4. The van der Waals surface area contributed by atoms with Gasteiger partial charge < -0.3 is 15.4 Å². The third kappa shape index (κ3) is 6.55. The van der Waals surface area contributed by atoms with E-state index in [0.29, 0.717) is 22.4 Å². The number of rotatable bonds is 8. The van der Waals surface area contributed by atoms with Crippen LogP contribution in [0, 0.1) is 0 Å². The molecule has 7 heteroatoms. The summed E-state index contributed by atoms with van der Waals surface area (Å²) in [7, 11) is 3.22. The summed E-state index contributed by atoms with van der Waals surface area (Å²) in [5.41, 5.74) is 2.39. The van der Waals surface area contributed by atoms with Gasteiger partial charge in [-0.1, -0.05) is 37.6 Å². The van der Waals surface area contributed by atoms with Crippen molar-refractivity contribution in [2.75, 3.05) is 37.9 Å². The van der Waals surface area contributed by atoms with Gasteiger partial charge in [0.15, 0.2) is 0 Å². The number of hydrogen-bond donors (Lipinski definition) is 2. The lowest BCUT2D eigenvalue weighted by atomic mass is 10.0. The Morgan fingerprint density at radius 2 is 1.75 bits per heavy atom. The Morgan fingerprint density at radius 1 is 1.07 bits per heavy atom. The first kappa shape index (κ1) is 21.7. The predicted octanol–water partition coefficient (Wildman–Crippen LogP) is 3.98. The minimum atomic E-state index is -0.266. The Hall–Kier alpha value is -2.57. The fraction of sp³-hybridized carbons (Fsp3) is 0.333. The number of benzene rings is 2. The lowest BCUT2D eigenvalue weighted by Crippen LogP contribution is -2.36. The van der Waals surface area contributed by atoms with Crippen LogP contribution in [0.25, 0.3) is 0 Å². The molecule has 0 aliphatic heterocycles. The van der Waals surface area contributed by atoms with Crippen molar-refractivity contribution in [3.8, 4) is 5.75 Å². The zero-order chi connectivity index (χ0) is 20.7. The molecule has 0 spiro atoms. The molecule has 0 unspecified atom stereocenters. The summed E-state index contributed by atoms with van der Waals surface area (Å²) in [6.45, 7) is 4.34. The van der Waals surface area contributed by atoms with E-state index in [1.54, 1.807) is 30.1 Å². The van der Waals surface area contributed by atoms with Gasteiger partial charge in [-0.25, -0.2) is 0 Å². The summed E-state index contributed by atoms with van der Waals surface area (Å²) in [5.74, 6) is 0.448. The van der Waals surface area contributed by atoms with Crippen LogP contribution in [-0.2, 0) is 9.59 Å². The molecule has 2 N–H and O–H groups in total. The number of halogens is 1. The molecule has 0 radical (unpaired) electrons. The summed E-state index contributed by atoms with van der Waals surface area (Å²) >= 11 is 5.97. The van der Waals surface area contributed by atoms with Crippen molar-refractivity contribution in [1.29, 1.82) is 0 Å². The van der Waals surface area contributed by atoms with Crippen molar-refractivity contribution in [3.63, 3.8) is 0 Å². The van der Waals surface area contributed by atoms with E-state index in [-0.39, 0.29) is 24.9 Å². The molecule has 0 bridgehead atoms. The molecule has 0 aliphatic rings. The molecule has 2 rings (SSSR count). The smallest absolute Gasteiger partial charge is 0.238 e. The maximum Gasteiger partial charge on any atom is 0.238 e. The molecule has 150 valence electrons. The summed E-state index contributed by atoms with van der Waals surface area (Å²) in [6.07, 6.45) is 0. The zero-order valence-electron chi connectivity index (χ0n) is 16.6. The highest BCUT2D eigenvalue weighted by Crippen LogP contribution is 2.27.